The fraction of sp³-hybridized carbons (Fsp3) is 0.333. The molecule has 3 nitrogen and oxygen atoms in total. The second-order valence-corrected chi connectivity index (χ2v) is 6.41. The molecule has 0 bridgehead atoms. The second-order valence-electron chi connectivity index (χ2n) is 6.41. The van der Waals surface area contributed by atoms with Gasteiger partial charge in [0, 0.05) is 18.0 Å². The minimum absolute atomic E-state index is 0. The molecule has 25 heavy (non-hydrogen) atoms. The van der Waals surface area contributed by atoms with Crippen molar-refractivity contribution in [3.8, 4) is 11.5 Å². The predicted octanol–water partition coefficient (Wildman–Crippen LogP) is 4.75. The number of phenols is 1. The molecule has 0 spiro atoms. The first-order chi connectivity index (χ1) is 11.6. The van der Waals surface area contributed by atoms with Gasteiger partial charge in [-0.25, -0.2) is 0 Å². The summed E-state index contributed by atoms with van der Waals surface area (Å²) in [7, 11) is 3.74. The van der Waals surface area contributed by atoms with E-state index < -0.39 is 0 Å². The van der Waals surface area contributed by atoms with Crippen molar-refractivity contribution >= 4 is 17.0 Å². The van der Waals surface area contributed by atoms with E-state index in [0.29, 0.717) is 5.75 Å². The Kier molecular flexibility index (Phi) is 6.17. The lowest BCUT2D eigenvalue weighted by Gasteiger charge is -2.48. The lowest BCUT2D eigenvalue weighted by atomic mass is 9.61. The van der Waals surface area contributed by atoms with E-state index >= 15 is 0 Å². The molecule has 3 unspecified atom stereocenters. The minimum atomic E-state index is -0.349. The Morgan fingerprint density at radius 1 is 1.16 bits per heavy atom. The molecular formula is C21H26BrNO2. The van der Waals surface area contributed by atoms with Gasteiger partial charge in [0.25, 0.3) is 0 Å². The Labute approximate surface area is 160 Å². The molecule has 0 saturated heterocycles. The fourth-order valence-corrected chi connectivity index (χ4v) is 4.00. The summed E-state index contributed by atoms with van der Waals surface area (Å²) in [6.07, 6.45) is 18.1. The number of likely N-dealkylation sites (N-methyl/N-ethyl adjacent to an activating group) is 1. The maximum atomic E-state index is 10.7. The maximum absolute atomic E-state index is 10.7. The average Bonchev–Trinajstić information content (AvgIpc) is 2.62. The molecule has 1 N–H and O–H groups in total. The summed E-state index contributed by atoms with van der Waals surface area (Å²) in [6, 6.07) is 5.63. The number of halogens is 1. The van der Waals surface area contributed by atoms with Crippen LogP contribution in [0.15, 0.2) is 66.9 Å². The van der Waals surface area contributed by atoms with Gasteiger partial charge in [-0.1, -0.05) is 43.4 Å². The van der Waals surface area contributed by atoms with Gasteiger partial charge in [-0.3, -0.25) is 0 Å². The highest BCUT2D eigenvalue weighted by Crippen LogP contribution is 2.48. The van der Waals surface area contributed by atoms with E-state index in [0.717, 1.165) is 17.7 Å². The number of hydrogen-bond donors (Lipinski definition) is 1. The highest BCUT2D eigenvalue weighted by molar-refractivity contribution is 8.93. The number of allylic oxidation sites excluding steroid dienone is 5. The minimum Gasteiger partial charge on any atom is -0.508 e. The van der Waals surface area contributed by atoms with E-state index in [1.54, 1.807) is 19.2 Å². The molecule has 0 fully saturated rings. The zero-order valence-electron chi connectivity index (χ0n) is 14.9. The van der Waals surface area contributed by atoms with Crippen molar-refractivity contribution in [2.24, 2.45) is 5.92 Å². The molecule has 1 aliphatic carbocycles. The first-order valence-corrected chi connectivity index (χ1v) is 8.44. The van der Waals surface area contributed by atoms with Crippen LogP contribution in [0.25, 0.3) is 0 Å². The SMILES string of the molecule is Br.CCC1C=CC=CC1(c1cc(OC)ccc1O)C1C=CC=CN1C. The van der Waals surface area contributed by atoms with E-state index in [9.17, 15) is 5.11 Å². The second kappa shape index (κ2) is 7.96. The van der Waals surface area contributed by atoms with E-state index in [-0.39, 0.29) is 34.4 Å². The van der Waals surface area contributed by atoms with Gasteiger partial charge in [0.2, 0.25) is 0 Å². The molecule has 0 radical (unpaired) electrons. The summed E-state index contributed by atoms with van der Waals surface area (Å²) in [5.74, 6) is 1.35. The molecule has 1 aliphatic heterocycles. The van der Waals surface area contributed by atoms with Crippen molar-refractivity contribution in [2.45, 2.75) is 24.8 Å². The van der Waals surface area contributed by atoms with Crippen LogP contribution in [0.4, 0.5) is 0 Å². The number of aromatic hydroxyl groups is 1. The lowest BCUT2D eigenvalue weighted by molar-refractivity contribution is 0.217. The fourth-order valence-electron chi connectivity index (χ4n) is 4.00. The quantitative estimate of drug-likeness (QED) is 0.786. The predicted molar refractivity (Wildman–Crippen MR) is 109 cm³/mol. The number of phenolic OH excluding ortho intramolecular Hbond substituents is 1. The molecule has 0 amide bonds. The van der Waals surface area contributed by atoms with Gasteiger partial charge in [-0.2, -0.15) is 0 Å². The van der Waals surface area contributed by atoms with Crippen LogP contribution in [0.1, 0.15) is 18.9 Å². The highest BCUT2D eigenvalue weighted by Gasteiger charge is 2.46. The van der Waals surface area contributed by atoms with Crippen LogP contribution in [0, 0.1) is 5.92 Å². The largest absolute Gasteiger partial charge is 0.508 e. The monoisotopic (exact) mass is 403 g/mol. The van der Waals surface area contributed by atoms with Crippen molar-refractivity contribution in [1.29, 1.82) is 0 Å². The topological polar surface area (TPSA) is 32.7 Å². The van der Waals surface area contributed by atoms with E-state index in [1.807, 2.05) is 12.1 Å². The first kappa shape index (κ1) is 19.4. The molecule has 0 aromatic heterocycles. The van der Waals surface area contributed by atoms with Crippen molar-refractivity contribution in [1.82, 2.24) is 4.90 Å². The van der Waals surface area contributed by atoms with Gasteiger partial charge in [-0.05, 0) is 42.8 Å². The third kappa shape index (κ3) is 3.28. The molecule has 1 heterocycles. The van der Waals surface area contributed by atoms with Crippen molar-refractivity contribution < 1.29 is 9.84 Å². The zero-order valence-corrected chi connectivity index (χ0v) is 16.6. The Morgan fingerprint density at radius 2 is 1.92 bits per heavy atom. The lowest BCUT2D eigenvalue weighted by Crippen LogP contribution is -2.50. The van der Waals surface area contributed by atoms with Gasteiger partial charge >= 0.3 is 0 Å². The standard InChI is InChI=1S/C21H25NO2.BrH/c1-4-16-9-5-7-13-21(16,20-10-6-8-14-22(20)2)18-15-17(24-3)11-12-19(18)23;/h5-16,20,23H,4H2,1-3H3;1H. The summed E-state index contributed by atoms with van der Waals surface area (Å²) in [5.41, 5.74) is 0.559. The Morgan fingerprint density at radius 3 is 2.60 bits per heavy atom. The molecule has 1 aromatic carbocycles. The summed E-state index contributed by atoms with van der Waals surface area (Å²) < 4.78 is 5.43. The average molecular weight is 404 g/mol. The smallest absolute Gasteiger partial charge is 0.120 e. The molecule has 3 atom stereocenters. The summed E-state index contributed by atoms with van der Waals surface area (Å²) in [5, 5.41) is 10.7. The van der Waals surface area contributed by atoms with Crippen molar-refractivity contribution in [2.75, 3.05) is 14.2 Å². The third-order valence-corrected chi connectivity index (χ3v) is 5.20. The number of nitrogens with zero attached hydrogens (tertiary/aromatic N) is 1. The summed E-state index contributed by atoms with van der Waals surface area (Å²) in [4.78, 5) is 2.21. The van der Waals surface area contributed by atoms with E-state index in [1.165, 1.54) is 0 Å². The molecular weight excluding hydrogens is 378 g/mol. The van der Waals surface area contributed by atoms with E-state index in [2.05, 4.69) is 61.5 Å². The third-order valence-electron chi connectivity index (χ3n) is 5.20. The Bertz CT molecular complexity index is 723. The van der Waals surface area contributed by atoms with Gasteiger partial charge in [-0.15, -0.1) is 17.0 Å². The summed E-state index contributed by atoms with van der Waals surface area (Å²) >= 11 is 0. The Hall–Kier alpha value is -1.94. The highest BCUT2D eigenvalue weighted by atomic mass is 79.9. The van der Waals surface area contributed by atoms with Gasteiger partial charge < -0.3 is 14.7 Å². The van der Waals surface area contributed by atoms with Gasteiger partial charge in [0.15, 0.2) is 0 Å². The van der Waals surface area contributed by atoms with E-state index in [4.69, 9.17) is 4.74 Å². The zero-order chi connectivity index (χ0) is 17.2. The molecule has 4 heteroatoms. The van der Waals surface area contributed by atoms with Gasteiger partial charge in [0.1, 0.15) is 11.5 Å². The number of benzene rings is 1. The van der Waals surface area contributed by atoms with Crippen LogP contribution in [0.3, 0.4) is 0 Å². The van der Waals surface area contributed by atoms with Crippen LogP contribution in [0.5, 0.6) is 11.5 Å². The molecule has 3 rings (SSSR count). The number of ether oxygens (including phenoxy) is 1. The molecule has 2 aliphatic rings. The first-order valence-electron chi connectivity index (χ1n) is 8.44. The van der Waals surface area contributed by atoms with Crippen LogP contribution < -0.4 is 4.74 Å². The van der Waals surface area contributed by atoms with Crippen molar-refractivity contribution in [3.05, 3.63) is 72.5 Å². The van der Waals surface area contributed by atoms with Crippen LogP contribution in [-0.4, -0.2) is 30.2 Å². The van der Waals surface area contributed by atoms with Crippen LogP contribution in [0.2, 0.25) is 0 Å². The van der Waals surface area contributed by atoms with Gasteiger partial charge in [0.05, 0.1) is 13.2 Å². The normalized spacial score (nSPS) is 27.2. The Balaban J connectivity index is 0.00000225. The molecule has 134 valence electrons. The maximum Gasteiger partial charge on any atom is 0.120 e. The van der Waals surface area contributed by atoms with Crippen LogP contribution in [-0.2, 0) is 5.41 Å². The van der Waals surface area contributed by atoms with Crippen LogP contribution >= 0.6 is 17.0 Å². The summed E-state index contributed by atoms with van der Waals surface area (Å²) in [6.45, 7) is 2.20. The number of hydrogen-bond acceptors (Lipinski definition) is 3. The molecule has 0 saturated carbocycles. The number of rotatable bonds is 4. The van der Waals surface area contributed by atoms with Crippen molar-refractivity contribution in [3.63, 3.8) is 0 Å². The molecule has 1 aromatic rings. The number of methoxy groups -OCH3 is 1.